The van der Waals surface area contributed by atoms with Crippen molar-refractivity contribution < 1.29 is 14.7 Å². The Labute approximate surface area is 89.7 Å². The van der Waals surface area contributed by atoms with Gasteiger partial charge in [0.1, 0.15) is 6.10 Å². The quantitative estimate of drug-likeness (QED) is 0.354. The third-order valence-corrected chi connectivity index (χ3v) is 2.95. The Kier molecular flexibility index (Phi) is 4.78. The van der Waals surface area contributed by atoms with E-state index in [0.29, 0.717) is 18.5 Å². The van der Waals surface area contributed by atoms with Crippen LogP contribution in [0.1, 0.15) is 25.7 Å². The van der Waals surface area contributed by atoms with Crippen LogP contribution >= 0.6 is 0 Å². The molecule has 5 nitrogen and oxygen atoms in total. The highest BCUT2D eigenvalue weighted by atomic mass is 16.3. The highest BCUT2D eigenvalue weighted by Crippen LogP contribution is 2.30. The largest absolute Gasteiger partial charge is 0.382 e. The maximum absolute atomic E-state index is 10.8. The number of nitrogens with two attached hydrogens (primary N) is 1. The molecule has 84 valence electrons. The maximum atomic E-state index is 10.8. The number of carbonyl (C=O) groups excluding carboxylic acids is 2. The van der Waals surface area contributed by atoms with Crippen LogP contribution in [0.3, 0.4) is 0 Å². The molecule has 1 aliphatic carbocycles. The summed E-state index contributed by atoms with van der Waals surface area (Å²) >= 11 is 0. The van der Waals surface area contributed by atoms with Crippen LogP contribution in [-0.2, 0) is 9.59 Å². The van der Waals surface area contributed by atoms with Gasteiger partial charge in [0.25, 0.3) is 7.41 Å². The van der Waals surface area contributed by atoms with Gasteiger partial charge in [-0.15, -0.1) is 0 Å². The summed E-state index contributed by atoms with van der Waals surface area (Å²) in [6.07, 6.45) is 3.68. The maximum Gasteiger partial charge on any atom is 0.278 e. The van der Waals surface area contributed by atoms with Crippen LogP contribution in [-0.4, -0.2) is 36.8 Å². The van der Waals surface area contributed by atoms with Gasteiger partial charge in [-0.25, -0.2) is 0 Å². The number of hydrogen-bond donors (Lipinski definition) is 3. The predicted octanol–water partition coefficient (Wildman–Crippen LogP) is -1.48. The lowest BCUT2D eigenvalue weighted by molar-refractivity contribution is -0.127. The molecule has 0 aromatic rings. The smallest absolute Gasteiger partial charge is 0.278 e. The monoisotopic (exact) mass is 212 g/mol. The second-order valence-corrected chi connectivity index (χ2v) is 4.06. The van der Waals surface area contributed by atoms with Gasteiger partial charge in [-0.2, -0.15) is 0 Å². The minimum atomic E-state index is -1.20. The van der Waals surface area contributed by atoms with Crippen molar-refractivity contribution in [2.75, 3.05) is 0 Å². The number of aliphatic hydroxyl groups excluding tert-OH is 1. The molecule has 2 unspecified atom stereocenters. The second kappa shape index (κ2) is 5.87. The van der Waals surface area contributed by atoms with Gasteiger partial charge in [-0.05, 0) is 12.3 Å². The molecule has 1 aliphatic rings. The van der Waals surface area contributed by atoms with Crippen molar-refractivity contribution in [2.45, 2.75) is 37.8 Å². The van der Waals surface area contributed by atoms with Crippen molar-refractivity contribution in [2.24, 2.45) is 11.7 Å². The number of carbonyl (C=O) groups is 2. The van der Waals surface area contributed by atoms with Crippen LogP contribution in [0.25, 0.3) is 0 Å². The van der Waals surface area contributed by atoms with Gasteiger partial charge in [0.2, 0.25) is 5.91 Å². The van der Waals surface area contributed by atoms with Gasteiger partial charge in [-0.3, -0.25) is 4.79 Å². The summed E-state index contributed by atoms with van der Waals surface area (Å²) in [4.78, 5) is 21.0. The molecular formula is C9H17BN2O3. The molecule has 0 aromatic heterocycles. The van der Waals surface area contributed by atoms with Gasteiger partial charge >= 0.3 is 0 Å². The summed E-state index contributed by atoms with van der Waals surface area (Å²) in [5, 5.41) is 12.4. The SMILES string of the molecule is NC(=O)C(O)C(CC1CCC1)NBC=O. The van der Waals surface area contributed by atoms with Crippen molar-refractivity contribution >= 4 is 19.5 Å². The minimum Gasteiger partial charge on any atom is -0.382 e. The van der Waals surface area contributed by atoms with Crippen LogP contribution in [0.5, 0.6) is 0 Å². The van der Waals surface area contributed by atoms with E-state index in [2.05, 4.69) is 5.23 Å². The Morgan fingerprint density at radius 1 is 1.67 bits per heavy atom. The topological polar surface area (TPSA) is 92.4 Å². The summed E-state index contributed by atoms with van der Waals surface area (Å²) in [5.74, 6) is -0.194. The molecule has 0 saturated heterocycles. The zero-order valence-electron chi connectivity index (χ0n) is 8.69. The molecule has 4 N–H and O–H groups in total. The summed E-state index contributed by atoms with van der Waals surface area (Å²) < 4.78 is 0. The molecule has 0 aromatic carbocycles. The van der Waals surface area contributed by atoms with E-state index in [1.165, 1.54) is 6.42 Å². The number of nitrogens with one attached hydrogen (secondary N) is 1. The number of hydrogen-bond acceptors (Lipinski definition) is 4. The minimum absolute atomic E-state index is 0.141. The van der Waals surface area contributed by atoms with Gasteiger partial charge < -0.3 is 20.9 Å². The molecular weight excluding hydrogens is 195 g/mol. The van der Waals surface area contributed by atoms with E-state index in [4.69, 9.17) is 5.73 Å². The van der Waals surface area contributed by atoms with Crippen LogP contribution in [0, 0.1) is 5.92 Å². The Hall–Kier alpha value is -0.875. The van der Waals surface area contributed by atoms with Crippen molar-refractivity contribution in [1.82, 2.24) is 5.23 Å². The number of amides is 1. The van der Waals surface area contributed by atoms with Gasteiger partial charge in [0.05, 0.1) is 6.19 Å². The van der Waals surface area contributed by atoms with Crippen molar-refractivity contribution in [3.63, 3.8) is 0 Å². The van der Waals surface area contributed by atoms with E-state index in [1.54, 1.807) is 0 Å². The van der Waals surface area contributed by atoms with Crippen LogP contribution in [0.15, 0.2) is 0 Å². The fraction of sp³-hybridized carbons (Fsp3) is 0.778. The Balaban J connectivity index is 2.42. The highest BCUT2D eigenvalue weighted by molar-refractivity contribution is 6.64. The van der Waals surface area contributed by atoms with E-state index < -0.39 is 18.1 Å². The molecule has 1 fully saturated rings. The van der Waals surface area contributed by atoms with E-state index in [1.807, 2.05) is 0 Å². The molecule has 0 aliphatic heterocycles. The van der Waals surface area contributed by atoms with Crippen molar-refractivity contribution in [1.29, 1.82) is 0 Å². The number of rotatable bonds is 7. The van der Waals surface area contributed by atoms with Crippen molar-refractivity contribution in [3.05, 3.63) is 0 Å². The average Bonchev–Trinajstić information content (AvgIpc) is 2.14. The normalized spacial score (nSPS) is 20.1. The fourth-order valence-corrected chi connectivity index (χ4v) is 1.81. The van der Waals surface area contributed by atoms with Gasteiger partial charge in [0, 0.05) is 6.04 Å². The van der Waals surface area contributed by atoms with E-state index >= 15 is 0 Å². The van der Waals surface area contributed by atoms with Crippen LogP contribution in [0.2, 0.25) is 0 Å². The van der Waals surface area contributed by atoms with Crippen LogP contribution in [0.4, 0.5) is 0 Å². The van der Waals surface area contributed by atoms with E-state index in [0.717, 1.165) is 12.8 Å². The Bertz CT molecular complexity index is 233. The third-order valence-electron chi connectivity index (χ3n) is 2.95. The second-order valence-electron chi connectivity index (χ2n) is 4.06. The Morgan fingerprint density at radius 2 is 2.33 bits per heavy atom. The predicted molar refractivity (Wildman–Crippen MR) is 58.0 cm³/mol. The fourth-order valence-electron chi connectivity index (χ4n) is 1.81. The molecule has 1 amide bonds. The molecule has 0 spiro atoms. The molecule has 1 saturated carbocycles. The zero-order chi connectivity index (χ0) is 11.3. The first kappa shape index (κ1) is 12.2. The standard InChI is InChI=1S/C9H17BN2O3/c11-9(15)8(14)7(12-10-5-13)4-6-2-1-3-6/h5-8,10,12,14H,1-4H2,(H2,11,15). The molecule has 6 heteroatoms. The summed E-state index contributed by atoms with van der Waals surface area (Å²) in [5.41, 5.74) is 5.03. The molecule has 0 heterocycles. The third kappa shape index (κ3) is 3.64. The van der Waals surface area contributed by atoms with Gasteiger partial charge in [0.15, 0.2) is 0 Å². The van der Waals surface area contributed by atoms with E-state index in [9.17, 15) is 14.7 Å². The molecule has 1 rings (SSSR count). The first-order valence-corrected chi connectivity index (χ1v) is 5.29. The molecule has 15 heavy (non-hydrogen) atoms. The lowest BCUT2D eigenvalue weighted by Gasteiger charge is -2.31. The average molecular weight is 212 g/mol. The lowest BCUT2D eigenvalue weighted by Crippen LogP contribution is -2.50. The highest BCUT2D eigenvalue weighted by Gasteiger charge is 2.28. The first-order valence-electron chi connectivity index (χ1n) is 5.29. The van der Waals surface area contributed by atoms with E-state index in [-0.39, 0.29) is 7.41 Å². The summed E-state index contributed by atoms with van der Waals surface area (Å²) in [6, 6.07) is -0.391. The summed E-state index contributed by atoms with van der Waals surface area (Å²) in [7, 11) is 0.141. The number of aliphatic hydroxyl groups is 1. The van der Waals surface area contributed by atoms with Crippen LogP contribution < -0.4 is 11.0 Å². The van der Waals surface area contributed by atoms with Gasteiger partial charge in [-0.1, -0.05) is 19.3 Å². The van der Waals surface area contributed by atoms with Crippen molar-refractivity contribution in [3.8, 4) is 0 Å². The molecule has 0 bridgehead atoms. The molecule has 2 atom stereocenters. The Morgan fingerprint density at radius 3 is 2.73 bits per heavy atom. The number of primary amides is 1. The molecule has 0 radical (unpaired) electrons. The summed E-state index contributed by atoms with van der Waals surface area (Å²) in [6.45, 7) is 0. The first-order chi connectivity index (χ1) is 7.15. The zero-order valence-corrected chi connectivity index (χ0v) is 8.69. The lowest BCUT2D eigenvalue weighted by atomic mass is 9.78.